The Bertz CT molecular complexity index is 512. The van der Waals surface area contributed by atoms with Gasteiger partial charge in [0.2, 0.25) is 0 Å². The lowest BCUT2D eigenvalue weighted by Crippen LogP contribution is -2.28. The van der Waals surface area contributed by atoms with E-state index in [0.29, 0.717) is 18.2 Å². The van der Waals surface area contributed by atoms with Crippen molar-refractivity contribution in [2.24, 2.45) is 11.8 Å². The summed E-state index contributed by atoms with van der Waals surface area (Å²) in [7, 11) is -3.60. The first-order chi connectivity index (χ1) is 9.13. The molecule has 0 radical (unpaired) electrons. The Morgan fingerprint density at radius 1 is 1.37 bits per heavy atom. The van der Waals surface area contributed by atoms with Crippen LogP contribution in [0.4, 0.5) is 5.69 Å². The van der Waals surface area contributed by atoms with Crippen LogP contribution < -0.4 is 16.0 Å². The number of aromatic nitrogens is 1. The van der Waals surface area contributed by atoms with Crippen molar-refractivity contribution in [3.05, 3.63) is 18.3 Å². The number of sulfonamides is 1. The molecule has 1 fully saturated rings. The van der Waals surface area contributed by atoms with E-state index in [1.807, 2.05) is 0 Å². The summed E-state index contributed by atoms with van der Waals surface area (Å²) in [6.45, 7) is 0.452. The number of anilines is 1. The molecule has 106 valence electrons. The van der Waals surface area contributed by atoms with E-state index in [4.69, 9.17) is 5.84 Å². The van der Waals surface area contributed by atoms with Crippen LogP contribution in [0.15, 0.2) is 23.4 Å². The van der Waals surface area contributed by atoms with Crippen molar-refractivity contribution in [3.63, 3.8) is 0 Å². The minimum absolute atomic E-state index is 0.0519. The predicted molar refractivity (Wildman–Crippen MR) is 73.8 cm³/mol. The number of hydrogen-bond donors (Lipinski definition) is 3. The largest absolute Gasteiger partial charge is 0.321 e. The monoisotopic (exact) mass is 284 g/mol. The minimum atomic E-state index is -3.60. The molecule has 0 spiro atoms. The molecule has 0 atom stereocenters. The maximum Gasteiger partial charge on any atom is 0.260 e. The maximum atomic E-state index is 12.1. The molecule has 4 N–H and O–H groups in total. The molecule has 7 heteroatoms. The molecule has 1 aliphatic rings. The summed E-state index contributed by atoms with van der Waals surface area (Å²) in [4.78, 5) is 3.88. The van der Waals surface area contributed by atoms with Crippen LogP contribution in [0, 0.1) is 5.92 Å². The molecule has 6 nitrogen and oxygen atoms in total. The summed E-state index contributed by atoms with van der Waals surface area (Å²) in [5.74, 6) is 5.94. The quantitative estimate of drug-likeness (QED) is 0.539. The van der Waals surface area contributed by atoms with E-state index in [1.54, 1.807) is 12.1 Å². The number of nitrogens with one attached hydrogen (secondary N) is 2. The van der Waals surface area contributed by atoms with E-state index in [0.717, 1.165) is 6.42 Å². The molecule has 1 heterocycles. The molecular weight excluding hydrogens is 264 g/mol. The Balaban J connectivity index is 1.97. The fourth-order valence-electron chi connectivity index (χ4n) is 2.48. The SMILES string of the molecule is NNc1cccnc1S(=O)(=O)NCCC1CCCC1. The van der Waals surface area contributed by atoms with Crippen molar-refractivity contribution in [3.8, 4) is 0 Å². The highest BCUT2D eigenvalue weighted by molar-refractivity contribution is 7.89. The zero-order valence-corrected chi connectivity index (χ0v) is 11.6. The third-order valence-electron chi connectivity index (χ3n) is 3.50. The maximum absolute atomic E-state index is 12.1. The van der Waals surface area contributed by atoms with E-state index in [9.17, 15) is 8.42 Å². The third kappa shape index (κ3) is 3.65. The van der Waals surface area contributed by atoms with E-state index < -0.39 is 10.0 Å². The number of pyridine rings is 1. The zero-order valence-electron chi connectivity index (χ0n) is 10.8. The first-order valence-electron chi connectivity index (χ1n) is 6.55. The summed E-state index contributed by atoms with van der Waals surface area (Å²) in [6.07, 6.45) is 7.27. The fourth-order valence-corrected chi connectivity index (χ4v) is 3.62. The molecule has 0 aromatic carbocycles. The molecule has 1 aliphatic carbocycles. The average Bonchev–Trinajstić information content (AvgIpc) is 2.91. The summed E-state index contributed by atoms with van der Waals surface area (Å²) in [5, 5.41) is -0.0519. The van der Waals surface area contributed by atoms with Gasteiger partial charge in [-0.25, -0.2) is 18.1 Å². The third-order valence-corrected chi connectivity index (χ3v) is 4.92. The Morgan fingerprint density at radius 2 is 2.11 bits per heavy atom. The molecule has 1 saturated carbocycles. The molecule has 19 heavy (non-hydrogen) atoms. The van der Waals surface area contributed by atoms with E-state index in [1.165, 1.54) is 31.9 Å². The second-order valence-electron chi connectivity index (χ2n) is 4.84. The number of nitrogens with two attached hydrogens (primary N) is 1. The number of nitrogens with zero attached hydrogens (tertiary/aromatic N) is 1. The Labute approximate surface area is 113 Å². The van der Waals surface area contributed by atoms with E-state index in [2.05, 4.69) is 15.1 Å². The van der Waals surface area contributed by atoms with Gasteiger partial charge in [0.05, 0.1) is 5.69 Å². The lowest BCUT2D eigenvalue weighted by molar-refractivity contribution is 0.495. The Morgan fingerprint density at radius 3 is 2.79 bits per heavy atom. The molecule has 0 bridgehead atoms. The normalized spacial score (nSPS) is 16.7. The highest BCUT2D eigenvalue weighted by Gasteiger charge is 2.21. The zero-order chi connectivity index (χ0) is 13.7. The smallest absolute Gasteiger partial charge is 0.260 e. The van der Waals surface area contributed by atoms with Crippen molar-refractivity contribution >= 4 is 15.7 Å². The van der Waals surface area contributed by atoms with Crippen LogP contribution in [-0.4, -0.2) is 19.9 Å². The summed E-state index contributed by atoms with van der Waals surface area (Å²) < 4.78 is 26.8. The van der Waals surface area contributed by atoms with Gasteiger partial charge in [-0.2, -0.15) is 0 Å². The highest BCUT2D eigenvalue weighted by Crippen LogP contribution is 2.27. The van der Waals surface area contributed by atoms with Gasteiger partial charge in [0.25, 0.3) is 10.0 Å². The first-order valence-corrected chi connectivity index (χ1v) is 8.03. The second kappa shape index (κ2) is 6.31. The summed E-state index contributed by atoms with van der Waals surface area (Å²) in [6, 6.07) is 3.21. The van der Waals surface area contributed by atoms with Crippen LogP contribution in [0.3, 0.4) is 0 Å². The van der Waals surface area contributed by atoms with Crippen molar-refractivity contribution in [2.45, 2.75) is 37.1 Å². The van der Waals surface area contributed by atoms with Crippen LogP contribution in [0.1, 0.15) is 32.1 Å². The number of hydrazine groups is 1. The van der Waals surface area contributed by atoms with Gasteiger partial charge in [-0.05, 0) is 24.5 Å². The van der Waals surface area contributed by atoms with Crippen LogP contribution in [-0.2, 0) is 10.0 Å². The Kier molecular flexibility index (Phi) is 4.73. The van der Waals surface area contributed by atoms with Gasteiger partial charge in [-0.3, -0.25) is 5.84 Å². The molecule has 2 rings (SSSR count). The van der Waals surface area contributed by atoms with Crippen molar-refractivity contribution < 1.29 is 8.42 Å². The highest BCUT2D eigenvalue weighted by atomic mass is 32.2. The van der Waals surface area contributed by atoms with Crippen molar-refractivity contribution in [1.29, 1.82) is 0 Å². The van der Waals surface area contributed by atoms with Crippen molar-refractivity contribution in [2.75, 3.05) is 12.0 Å². The van der Waals surface area contributed by atoms with Crippen LogP contribution >= 0.6 is 0 Å². The van der Waals surface area contributed by atoms with Gasteiger partial charge >= 0.3 is 0 Å². The van der Waals surface area contributed by atoms with Gasteiger partial charge in [0.1, 0.15) is 0 Å². The van der Waals surface area contributed by atoms with Gasteiger partial charge < -0.3 is 5.43 Å². The molecule has 0 saturated heterocycles. The van der Waals surface area contributed by atoms with Gasteiger partial charge in [-0.15, -0.1) is 0 Å². The molecule has 1 aromatic heterocycles. The van der Waals surface area contributed by atoms with Crippen LogP contribution in [0.25, 0.3) is 0 Å². The number of rotatable bonds is 6. The lowest BCUT2D eigenvalue weighted by Gasteiger charge is -2.11. The van der Waals surface area contributed by atoms with Crippen LogP contribution in [0.2, 0.25) is 0 Å². The van der Waals surface area contributed by atoms with Gasteiger partial charge in [0.15, 0.2) is 5.03 Å². The molecular formula is C12H20N4O2S. The van der Waals surface area contributed by atoms with Gasteiger partial charge in [0, 0.05) is 12.7 Å². The number of nitrogen functional groups attached to an aromatic ring is 1. The number of hydrogen-bond acceptors (Lipinski definition) is 5. The summed E-state index contributed by atoms with van der Waals surface area (Å²) in [5.41, 5.74) is 2.65. The minimum Gasteiger partial charge on any atom is -0.321 e. The van der Waals surface area contributed by atoms with E-state index in [-0.39, 0.29) is 5.03 Å². The molecule has 0 aliphatic heterocycles. The average molecular weight is 284 g/mol. The van der Waals surface area contributed by atoms with Crippen molar-refractivity contribution in [1.82, 2.24) is 9.71 Å². The fraction of sp³-hybridized carbons (Fsp3) is 0.583. The standard InChI is InChI=1S/C12H20N4O2S/c13-16-11-6-3-8-14-12(11)19(17,18)15-9-7-10-4-1-2-5-10/h3,6,8,10,15-16H,1-2,4-5,7,9,13H2. The first kappa shape index (κ1) is 14.2. The summed E-state index contributed by atoms with van der Waals surface area (Å²) >= 11 is 0. The predicted octanol–water partition coefficient (Wildman–Crippen LogP) is 1.23. The Hall–Kier alpha value is -1.18. The van der Waals surface area contributed by atoms with Crippen LogP contribution in [0.5, 0.6) is 0 Å². The lowest BCUT2D eigenvalue weighted by atomic mass is 10.1. The second-order valence-corrected chi connectivity index (χ2v) is 6.52. The molecule has 0 amide bonds. The topological polar surface area (TPSA) is 97.1 Å². The molecule has 0 unspecified atom stereocenters. The van der Waals surface area contributed by atoms with E-state index >= 15 is 0 Å². The molecule has 1 aromatic rings. The van der Waals surface area contributed by atoms with Gasteiger partial charge in [-0.1, -0.05) is 25.7 Å².